The molecule has 0 aliphatic rings. The lowest BCUT2D eigenvalue weighted by Gasteiger charge is -2.09. The summed E-state index contributed by atoms with van der Waals surface area (Å²) in [6, 6.07) is 13.2. The molecule has 5 nitrogen and oxygen atoms in total. The van der Waals surface area contributed by atoms with E-state index in [1.165, 1.54) is 24.4 Å². The molecule has 2 N–H and O–H groups in total. The van der Waals surface area contributed by atoms with Crippen LogP contribution in [-0.4, -0.2) is 18.0 Å². The molecule has 0 aliphatic carbocycles. The predicted octanol–water partition coefficient (Wildman–Crippen LogP) is 4.36. The Bertz CT molecular complexity index is 930. The molecule has 0 bridgehead atoms. The van der Waals surface area contributed by atoms with Gasteiger partial charge < -0.3 is 15.4 Å². The third-order valence-corrected chi connectivity index (χ3v) is 3.56. The van der Waals surface area contributed by atoms with Crippen molar-refractivity contribution in [2.75, 3.05) is 17.7 Å². The highest BCUT2D eigenvalue weighted by Gasteiger charge is 2.11. The molecule has 0 saturated heterocycles. The van der Waals surface area contributed by atoms with E-state index in [4.69, 9.17) is 4.74 Å². The SMILES string of the molecule is COc1ccc(Nc2cc(C(=O)Nc3ccc(F)cc3F)ccn2)cc1. The first-order valence-electron chi connectivity index (χ1n) is 7.69. The zero-order valence-electron chi connectivity index (χ0n) is 13.8. The average molecular weight is 355 g/mol. The fraction of sp³-hybridized carbons (Fsp3) is 0.0526. The van der Waals surface area contributed by atoms with Gasteiger partial charge in [0.25, 0.3) is 5.91 Å². The first kappa shape index (κ1) is 17.3. The first-order valence-corrected chi connectivity index (χ1v) is 7.69. The summed E-state index contributed by atoms with van der Waals surface area (Å²) in [5, 5.41) is 5.47. The van der Waals surface area contributed by atoms with Crippen molar-refractivity contribution in [2.24, 2.45) is 0 Å². The van der Waals surface area contributed by atoms with Gasteiger partial charge in [0.15, 0.2) is 0 Å². The number of hydrogen-bond donors (Lipinski definition) is 2. The number of halogens is 2. The van der Waals surface area contributed by atoms with E-state index in [1.54, 1.807) is 31.4 Å². The summed E-state index contributed by atoms with van der Waals surface area (Å²) in [6.45, 7) is 0. The van der Waals surface area contributed by atoms with Gasteiger partial charge in [0.2, 0.25) is 0 Å². The summed E-state index contributed by atoms with van der Waals surface area (Å²) in [5.74, 6) is -0.921. The summed E-state index contributed by atoms with van der Waals surface area (Å²) in [6.07, 6.45) is 1.46. The Balaban J connectivity index is 1.74. The van der Waals surface area contributed by atoms with Crippen molar-refractivity contribution in [2.45, 2.75) is 0 Å². The molecular weight excluding hydrogens is 340 g/mol. The number of nitrogens with zero attached hydrogens (tertiary/aromatic N) is 1. The Morgan fingerprint density at radius 2 is 1.81 bits per heavy atom. The standard InChI is InChI=1S/C19H15F2N3O2/c1-26-15-5-3-14(4-6-15)23-18-10-12(8-9-22-18)19(25)24-17-7-2-13(20)11-16(17)21/h2-11H,1H3,(H,22,23)(H,24,25). The van der Waals surface area contributed by atoms with Crippen molar-refractivity contribution in [3.63, 3.8) is 0 Å². The van der Waals surface area contributed by atoms with Gasteiger partial charge in [0, 0.05) is 23.5 Å². The van der Waals surface area contributed by atoms with E-state index in [-0.39, 0.29) is 11.3 Å². The molecule has 26 heavy (non-hydrogen) atoms. The number of amides is 1. The largest absolute Gasteiger partial charge is 0.497 e. The minimum atomic E-state index is -0.844. The molecule has 1 aromatic heterocycles. The van der Waals surface area contributed by atoms with Crippen LogP contribution in [-0.2, 0) is 0 Å². The lowest BCUT2D eigenvalue weighted by atomic mass is 10.2. The maximum absolute atomic E-state index is 13.7. The Hall–Kier alpha value is -3.48. The normalized spacial score (nSPS) is 10.3. The third kappa shape index (κ3) is 4.13. The maximum atomic E-state index is 13.7. The van der Waals surface area contributed by atoms with E-state index in [0.29, 0.717) is 11.9 Å². The Morgan fingerprint density at radius 1 is 1.04 bits per heavy atom. The first-order chi connectivity index (χ1) is 12.5. The van der Waals surface area contributed by atoms with Gasteiger partial charge in [-0.15, -0.1) is 0 Å². The van der Waals surface area contributed by atoms with E-state index in [2.05, 4.69) is 15.6 Å². The number of anilines is 3. The minimum Gasteiger partial charge on any atom is -0.497 e. The minimum absolute atomic E-state index is 0.0992. The fourth-order valence-electron chi connectivity index (χ4n) is 2.25. The van der Waals surface area contributed by atoms with Crippen molar-refractivity contribution in [3.05, 3.63) is 78.0 Å². The van der Waals surface area contributed by atoms with Crippen LogP contribution in [0.1, 0.15) is 10.4 Å². The number of aromatic nitrogens is 1. The topological polar surface area (TPSA) is 63.2 Å². The summed E-state index contributed by atoms with van der Waals surface area (Å²) in [5.41, 5.74) is 0.943. The second-order valence-corrected chi connectivity index (χ2v) is 5.36. The van der Waals surface area contributed by atoms with Crippen LogP contribution >= 0.6 is 0 Å². The van der Waals surface area contributed by atoms with Gasteiger partial charge in [-0.2, -0.15) is 0 Å². The number of rotatable bonds is 5. The van der Waals surface area contributed by atoms with Gasteiger partial charge in [0.1, 0.15) is 23.2 Å². The van der Waals surface area contributed by atoms with Crippen molar-refractivity contribution in [3.8, 4) is 5.75 Å². The second kappa shape index (κ2) is 7.60. The molecule has 1 amide bonds. The van der Waals surface area contributed by atoms with Crippen LogP contribution in [0.3, 0.4) is 0 Å². The zero-order chi connectivity index (χ0) is 18.5. The van der Waals surface area contributed by atoms with Gasteiger partial charge in [0.05, 0.1) is 12.8 Å². The molecule has 0 saturated carbocycles. The Labute approximate surface area is 148 Å². The molecule has 1 heterocycles. The number of nitrogens with one attached hydrogen (secondary N) is 2. The average Bonchev–Trinajstić information content (AvgIpc) is 2.65. The molecule has 0 spiro atoms. The van der Waals surface area contributed by atoms with Gasteiger partial charge in [-0.3, -0.25) is 4.79 Å². The van der Waals surface area contributed by atoms with Crippen LogP contribution in [0.15, 0.2) is 60.8 Å². The lowest BCUT2D eigenvalue weighted by Crippen LogP contribution is -2.13. The maximum Gasteiger partial charge on any atom is 0.255 e. The second-order valence-electron chi connectivity index (χ2n) is 5.36. The van der Waals surface area contributed by atoms with Gasteiger partial charge in [-0.1, -0.05) is 0 Å². The van der Waals surface area contributed by atoms with Crippen LogP contribution in [0.5, 0.6) is 5.75 Å². The summed E-state index contributed by atoms with van der Waals surface area (Å²) < 4.78 is 31.7. The predicted molar refractivity (Wildman–Crippen MR) is 94.8 cm³/mol. The number of hydrogen-bond acceptors (Lipinski definition) is 4. The number of methoxy groups -OCH3 is 1. The highest BCUT2D eigenvalue weighted by Crippen LogP contribution is 2.20. The molecule has 0 radical (unpaired) electrons. The zero-order valence-corrected chi connectivity index (χ0v) is 13.8. The molecule has 2 aromatic carbocycles. The molecule has 132 valence electrons. The van der Waals surface area contributed by atoms with Crippen LogP contribution in [0.25, 0.3) is 0 Å². The number of carbonyl (C=O) groups is 1. The van der Waals surface area contributed by atoms with E-state index in [1.807, 2.05) is 0 Å². The van der Waals surface area contributed by atoms with Gasteiger partial charge >= 0.3 is 0 Å². The lowest BCUT2D eigenvalue weighted by molar-refractivity contribution is 0.102. The number of ether oxygens (including phenoxy) is 1. The number of benzene rings is 2. The van der Waals surface area contributed by atoms with Crippen LogP contribution < -0.4 is 15.4 Å². The molecule has 0 atom stereocenters. The Kier molecular flexibility index (Phi) is 5.07. The Morgan fingerprint density at radius 3 is 2.50 bits per heavy atom. The van der Waals surface area contributed by atoms with Gasteiger partial charge in [-0.05, 0) is 48.5 Å². The smallest absolute Gasteiger partial charge is 0.255 e. The van der Waals surface area contributed by atoms with Crippen molar-refractivity contribution in [1.82, 2.24) is 4.98 Å². The summed E-state index contributed by atoms with van der Waals surface area (Å²) in [4.78, 5) is 16.4. The molecule has 0 fully saturated rings. The quantitative estimate of drug-likeness (QED) is 0.714. The summed E-state index contributed by atoms with van der Waals surface area (Å²) in [7, 11) is 1.58. The van der Waals surface area contributed by atoms with E-state index >= 15 is 0 Å². The van der Waals surface area contributed by atoms with Crippen molar-refractivity contribution < 1.29 is 18.3 Å². The van der Waals surface area contributed by atoms with E-state index in [9.17, 15) is 13.6 Å². The molecule has 0 unspecified atom stereocenters. The monoisotopic (exact) mass is 355 g/mol. The van der Waals surface area contributed by atoms with Crippen molar-refractivity contribution >= 4 is 23.1 Å². The highest BCUT2D eigenvalue weighted by molar-refractivity contribution is 6.04. The third-order valence-electron chi connectivity index (χ3n) is 3.56. The molecule has 0 aliphatic heterocycles. The highest BCUT2D eigenvalue weighted by atomic mass is 19.1. The van der Waals surface area contributed by atoms with Crippen LogP contribution in [0.2, 0.25) is 0 Å². The molecule has 3 aromatic rings. The molecule has 3 rings (SSSR count). The number of carbonyl (C=O) groups excluding carboxylic acids is 1. The summed E-state index contributed by atoms with van der Waals surface area (Å²) >= 11 is 0. The van der Waals surface area contributed by atoms with Gasteiger partial charge in [-0.25, -0.2) is 13.8 Å². The van der Waals surface area contributed by atoms with Crippen LogP contribution in [0, 0.1) is 11.6 Å². The molecule has 7 heteroatoms. The van der Waals surface area contributed by atoms with Crippen LogP contribution in [0.4, 0.5) is 26.0 Å². The van der Waals surface area contributed by atoms with E-state index < -0.39 is 17.5 Å². The fourth-order valence-corrected chi connectivity index (χ4v) is 2.25. The molecular formula is C19H15F2N3O2. The van der Waals surface area contributed by atoms with Crippen molar-refractivity contribution in [1.29, 1.82) is 0 Å². The van der Waals surface area contributed by atoms with E-state index in [0.717, 1.165) is 17.5 Å². The number of pyridine rings is 1.